The first kappa shape index (κ1) is 17.7. The molecule has 0 atom stereocenters. The fourth-order valence-corrected chi connectivity index (χ4v) is 3.41. The van der Waals surface area contributed by atoms with Gasteiger partial charge < -0.3 is 5.32 Å². The van der Waals surface area contributed by atoms with Crippen molar-refractivity contribution in [3.63, 3.8) is 0 Å². The molecule has 0 bridgehead atoms. The number of carbonyl (C=O) groups excluding carboxylic acids is 1. The van der Waals surface area contributed by atoms with Crippen LogP contribution >= 0.6 is 0 Å². The second-order valence-corrected chi connectivity index (χ2v) is 7.21. The summed E-state index contributed by atoms with van der Waals surface area (Å²) in [5.74, 6) is 0.636. The SMILES string of the molecule is Cc1ccc(C(=O)NCC2CCN(Cc3ccccc3)CC2)cc1C. The minimum absolute atomic E-state index is 0.0508. The van der Waals surface area contributed by atoms with Gasteiger partial charge in [-0.05, 0) is 74.5 Å². The Morgan fingerprint density at radius 3 is 2.44 bits per heavy atom. The number of aryl methyl sites for hydroxylation is 2. The summed E-state index contributed by atoms with van der Waals surface area (Å²) in [5, 5.41) is 3.12. The van der Waals surface area contributed by atoms with Crippen molar-refractivity contribution in [2.75, 3.05) is 19.6 Å². The highest BCUT2D eigenvalue weighted by molar-refractivity contribution is 5.94. The first-order chi connectivity index (χ1) is 12.1. The van der Waals surface area contributed by atoms with Gasteiger partial charge in [0.25, 0.3) is 5.91 Å². The van der Waals surface area contributed by atoms with Crippen molar-refractivity contribution in [3.8, 4) is 0 Å². The van der Waals surface area contributed by atoms with E-state index >= 15 is 0 Å². The summed E-state index contributed by atoms with van der Waals surface area (Å²) < 4.78 is 0. The van der Waals surface area contributed by atoms with Crippen molar-refractivity contribution in [2.24, 2.45) is 5.92 Å². The summed E-state index contributed by atoms with van der Waals surface area (Å²) in [5.41, 5.74) is 4.54. The molecule has 0 spiro atoms. The third-order valence-corrected chi connectivity index (χ3v) is 5.28. The van der Waals surface area contributed by atoms with Crippen LogP contribution in [0.3, 0.4) is 0 Å². The maximum atomic E-state index is 12.3. The zero-order valence-electron chi connectivity index (χ0n) is 15.3. The lowest BCUT2D eigenvalue weighted by Crippen LogP contribution is -2.38. The van der Waals surface area contributed by atoms with Crippen LogP contribution in [0.5, 0.6) is 0 Å². The van der Waals surface area contributed by atoms with Crippen LogP contribution in [0.1, 0.15) is 39.9 Å². The molecule has 25 heavy (non-hydrogen) atoms. The maximum absolute atomic E-state index is 12.3. The maximum Gasteiger partial charge on any atom is 0.251 e. The van der Waals surface area contributed by atoms with E-state index in [-0.39, 0.29) is 5.91 Å². The molecular weight excluding hydrogens is 308 g/mol. The molecule has 3 nitrogen and oxygen atoms in total. The van der Waals surface area contributed by atoms with Gasteiger partial charge in [-0.2, -0.15) is 0 Å². The summed E-state index contributed by atoms with van der Waals surface area (Å²) in [6.45, 7) is 8.15. The van der Waals surface area contributed by atoms with Gasteiger partial charge in [0.1, 0.15) is 0 Å². The number of rotatable bonds is 5. The minimum atomic E-state index is 0.0508. The second-order valence-electron chi connectivity index (χ2n) is 7.21. The molecule has 0 aliphatic carbocycles. The number of nitrogens with one attached hydrogen (secondary N) is 1. The van der Waals surface area contributed by atoms with Gasteiger partial charge in [-0.25, -0.2) is 0 Å². The van der Waals surface area contributed by atoms with Gasteiger partial charge >= 0.3 is 0 Å². The molecule has 0 saturated carbocycles. The molecule has 1 saturated heterocycles. The lowest BCUT2D eigenvalue weighted by atomic mass is 9.96. The smallest absolute Gasteiger partial charge is 0.251 e. The highest BCUT2D eigenvalue weighted by Gasteiger charge is 2.20. The Morgan fingerprint density at radius 1 is 1.04 bits per heavy atom. The van der Waals surface area contributed by atoms with Gasteiger partial charge in [0, 0.05) is 18.7 Å². The molecular formula is C22H28N2O. The van der Waals surface area contributed by atoms with Crippen molar-refractivity contribution in [3.05, 3.63) is 70.8 Å². The van der Waals surface area contributed by atoms with Crippen molar-refractivity contribution in [2.45, 2.75) is 33.2 Å². The lowest BCUT2D eigenvalue weighted by molar-refractivity contribution is 0.0935. The van der Waals surface area contributed by atoms with E-state index in [1.807, 2.05) is 18.2 Å². The number of carbonyl (C=O) groups is 1. The third-order valence-electron chi connectivity index (χ3n) is 5.28. The molecule has 3 heteroatoms. The first-order valence-electron chi connectivity index (χ1n) is 9.23. The van der Waals surface area contributed by atoms with E-state index in [1.54, 1.807) is 0 Å². The van der Waals surface area contributed by atoms with E-state index in [1.165, 1.54) is 16.7 Å². The van der Waals surface area contributed by atoms with Gasteiger partial charge in [-0.3, -0.25) is 9.69 Å². The third kappa shape index (κ3) is 4.93. The Kier molecular flexibility index (Phi) is 5.87. The number of hydrogen-bond donors (Lipinski definition) is 1. The summed E-state index contributed by atoms with van der Waals surface area (Å²) in [7, 11) is 0. The van der Waals surface area contributed by atoms with Crippen LogP contribution in [0, 0.1) is 19.8 Å². The highest BCUT2D eigenvalue weighted by Crippen LogP contribution is 2.18. The topological polar surface area (TPSA) is 32.3 Å². The van der Waals surface area contributed by atoms with Crippen LogP contribution < -0.4 is 5.32 Å². The molecule has 0 aromatic heterocycles. The van der Waals surface area contributed by atoms with Crippen molar-refractivity contribution in [1.82, 2.24) is 10.2 Å². The summed E-state index contributed by atoms with van der Waals surface area (Å²) in [4.78, 5) is 14.8. The van der Waals surface area contributed by atoms with Gasteiger partial charge in [-0.15, -0.1) is 0 Å². The molecule has 0 unspecified atom stereocenters. The average Bonchev–Trinajstić information content (AvgIpc) is 2.64. The molecule has 1 N–H and O–H groups in total. The fraction of sp³-hybridized carbons (Fsp3) is 0.409. The van der Waals surface area contributed by atoms with Crippen LogP contribution in [0.25, 0.3) is 0 Å². The fourth-order valence-electron chi connectivity index (χ4n) is 3.41. The monoisotopic (exact) mass is 336 g/mol. The van der Waals surface area contributed by atoms with Crippen molar-refractivity contribution in [1.29, 1.82) is 0 Å². The van der Waals surface area contributed by atoms with Gasteiger partial charge in [0.05, 0.1) is 0 Å². The molecule has 1 aliphatic heterocycles. The largest absolute Gasteiger partial charge is 0.352 e. The number of nitrogens with zero attached hydrogens (tertiary/aromatic N) is 1. The number of piperidine rings is 1. The zero-order valence-corrected chi connectivity index (χ0v) is 15.3. The predicted molar refractivity (Wildman–Crippen MR) is 103 cm³/mol. The van der Waals surface area contributed by atoms with Crippen LogP contribution in [0.15, 0.2) is 48.5 Å². The van der Waals surface area contributed by atoms with Gasteiger partial charge in [0.15, 0.2) is 0 Å². The standard InChI is InChI=1S/C22H28N2O/c1-17-8-9-21(14-18(17)2)22(25)23-15-19-10-12-24(13-11-19)16-20-6-4-3-5-7-20/h3-9,14,19H,10-13,15-16H2,1-2H3,(H,23,25). The summed E-state index contributed by atoms with van der Waals surface area (Å²) in [6.07, 6.45) is 2.31. The Morgan fingerprint density at radius 2 is 1.76 bits per heavy atom. The Hall–Kier alpha value is -2.13. The summed E-state index contributed by atoms with van der Waals surface area (Å²) >= 11 is 0. The summed E-state index contributed by atoms with van der Waals surface area (Å²) in [6, 6.07) is 16.6. The van der Waals surface area contributed by atoms with Gasteiger partial charge in [-0.1, -0.05) is 36.4 Å². The number of hydrogen-bond acceptors (Lipinski definition) is 2. The van der Waals surface area contributed by atoms with Crippen LogP contribution in [-0.4, -0.2) is 30.4 Å². The minimum Gasteiger partial charge on any atom is -0.352 e. The van der Waals surface area contributed by atoms with E-state index in [4.69, 9.17) is 0 Å². The Balaban J connectivity index is 1.43. The second kappa shape index (κ2) is 8.30. The van der Waals surface area contributed by atoms with Crippen LogP contribution in [-0.2, 0) is 6.54 Å². The van der Waals surface area contributed by atoms with Crippen LogP contribution in [0.2, 0.25) is 0 Å². The van der Waals surface area contributed by atoms with E-state index in [0.717, 1.165) is 44.6 Å². The van der Waals surface area contributed by atoms with E-state index in [9.17, 15) is 4.79 Å². The molecule has 3 rings (SSSR count). The molecule has 2 aromatic carbocycles. The van der Waals surface area contributed by atoms with Crippen molar-refractivity contribution >= 4 is 5.91 Å². The van der Waals surface area contributed by atoms with Crippen molar-refractivity contribution < 1.29 is 4.79 Å². The molecule has 1 heterocycles. The zero-order chi connectivity index (χ0) is 17.6. The van der Waals surface area contributed by atoms with E-state index in [2.05, 4.69) is 54.4 Å². The Labute approximate surface area is 151 Å². The van der Waals surface area contributed by atoms with E-state index in [0.29, 0.717) is 5.92 Å². The molecule has 1 aliphatic rings. The number of benzene rings is 2. The highest BCUT2D eigenvalue weighted by atomic mass is 16.1. The molecule has 132 valence electrons. The lowest BCUT2D eigenvalue weighted by Gasteiger charge is -2.32. The van der Waals surface area contributed by atoms with Gasteiger partial charge in [0.2, 0.25) is 0 Å². The van der Waals surface area contributed by atoms with E-state index < -0.39 is 0 Å². The molecule has 2 aromatic rings. The Bertz CT molecular complexity index is 703. The normalized spacial score (nSPS) is 15.9. The molecule has 1 amide bonds. The van der Waals surface area contributed by atoms with Crippen LogP contribution in [0.4, 0.5) is 0 Å². The molecule has 1 fully saturated rings. The quantitative estimate of drug-likeness (QED) is 0.897. The molecule has 0 radical (unpaired) electrons. The number of amides is 1. The average molecular weight is 336 g/mol. The first-order valence-corrected chi connectivity index (χ1v) is 9.23. The number of likely N-dealkylation sites (tertiary alicyclic amines) is 1. The predicted octanol–water partition coefficient (Wildman–Crippen LogP) is 3.95.